The van der Waals surface area contributed by atoms with Crippen molar-refractivity contribution in [3.63, 3.8) is 0 Å². The molecular formula is C15H22IN. The zero-order chi connectivity index (χ0) is 12.4. The first-order valence-electron chi connectivity index (χ1n) is 6.59. The third kappa shape index (κ3) is 3.36. The highest BCUT2D eigenvalue weighted by atomic mass is 127. The van der Waals surface area contributed by atoms with Gasteiger partial charge in [-0.15, -0.1) is 0 Å². The topological polar surface area (TPSA) is 12.0 Å². The van der Waals surface area contributed by atoms with Crippen LogP contribution >= 0.6 is 22.6 Å². The second-order valence-corrected chi connectivity index (χ2v) is 6.85. The zero-order valence-corrected chi connectivity index (χ0v) is 13.1. The summed E-state index contributed by atoms with van der Waals surface area (Å²) >= 11 is 2.37. The van der Waals surface area contributed by atoms with Gasteiger partial charge in [0.05, 0.1) is 0 Å². The molecule has 2 heteroatoms. The Morgan fingerprint density at radius 3 is 2.71 bits per heavy atom. The van der Waals surface area contributed by atoms with Gasteiger partial charge < -0.3 is 5.32 Å². The van der Waals surface area contributed by atoms with Crippen LogP contribution in [0, 0.1) is 22.3 Å². The summed E-state index contributed by atoms with van der Waals surface area (Å²) in [4.78, 5) is 0. The Labute approximate surface area is 119 Å². The quantitative estimate of drug-likeness (QED) is 0.758. The van der Waals surface area contributed by atoms with Crippen LogP contribution in [0.15, 0.2) is 18.2 Å². The van der Waals surface area contributed by atoms with Gasteiger partial charge in [0.25, 0.3) is 0 Å². The van der Waals surface area contributed by atoms with Gasteiger partial charge >= 0.3 is 0 Å². The third-order valence-electron chi connectivity index (χ3n) is 3.99. The molecule has 0 bridgehead atoms. The van der Waals surface area contributed by atoms with Crippen molar-refractivity contribution >= 4 is 28.3 Å². The van der Waals surface area contributed by atoms with Crippen LogP contribution in [0.5, 0.6) is 0 Å². The minimum atomic E-state index is 0.650. The van der Waals surface area contributed by atoms with E-state index in [9.17, 15) is 0 Å². The fourth-order valence-electron chi connectivity index (χ4n) is 2.72. The molecule has 0 spiro atoms. The van der Waals surface area contributed by atoms with E-state index in [0.717, 1.165) is 11.8 Å². The summed E-state index contributed by atoms with van der Waals surface area (Å²) in [6, 6.07) is 7.31. The second-order valence-electron chi connectivity index (χ2n) is 5.61. The highest BCUT2D eigenvalue weighted by molar-refractivity contribution is 14.1. The molecule has 0 amide bonds. The largest absolute Gasteiger partial charge is 0.382 e. The Hall–Kier alpha value is -0.250. The van der Waals surface area contributed by atoms with Crippen LogP contribution < -0.4 is 5.32 Å². The van der Waals surface area contributed by atoms with Crippen molar-refractivity contribution in [1.82, 2.24) is 0 Å². The fraction of sp³-hybridized carbons (Fsp3) is 0.600. The highest BCUT2D eigenvalue weighted by Crippen LogP contribution is 2.31. The molecule has 94 valence electrons. The molecular weight excluding hydrogens is 321 g/mol. The van der Waals surface area contributed by atoms with E-state index in [1.165, 1.54) is 34.1 Å². The van der Waals surface area contributed by atoms with E-state index >= 15 is 0 Å². The highest BCUT2D eigenvalue weighted by Gasteiger charge is 2.25. The molecule has 1 nitrogen and oxygen atoms in total. The molecule has 0 aromatic heterocycles. The molecule has 3 unspecified atom stereocenters. The Balaban J connectivity index is 2.08. The lowest BCUT2D eigenvalue weighted by molar-refractivity contribution is 0.280. The van der Waals surface area contributed by atoms with Gasteiger partial charge in [0.15, 0.2) is 0 Å². The minimum Gasteiger partial charge on any atom is -0.382 e. The van der Waals surface area contributed by atoms with Crippen LogP contribution in [0.25, 0.3) is 0 Å². The summed E-state index contributed by atoms with van der Waals surface area (Å²) in [7, 11) is 0. The predicted octanol–water partition coefficient (Wildman–Crippen LogP) is 4.84. The number of rotatable bonds is 2. The first-order chi connectivity index (χ1) is 8.06. The van der Waals surface area contributed by atoms with Crippen molar-refractivity contribution < 1.29 is 0 Å². The van der Waals surface area contributed by atoms with Gasteiger partial charge in [0.1, 0.15) is 0 Å². The van der Waals surface area contributed by atoms with E-state index in [4.69, 9.17) is 0 Å². The van der Waals surface area contributed by atoms with Gasteiger partial charge in [-0.05, 0) is 78.0 Å². The third-order valence-corrected chi connectivity index (χ3v) is 4.66. The molecule has 1 aliphatic rings. The van der Waals surface area contributed by atoms with E-state index in [1.54, 1.807) is 0 Å². The van der Waals surface area contributed by atoms with Crippen molar-refractivity contribution in [2.24, 2.45) is 11.8 Å². The fourth-order valence-corrected chi connectivity index (χ4v) is 3.37. The van der Waals surface area contributed by atoms with Gasteiger partial charge in [-0.2, -0.15) is 0 Å². The lowest BCUT2D eigenvalue weighted by Gasteiger charge is -2.34. The summed E-state index contributed by atoms with van der Waals surface area (Å²) < 4.78 is 1.32. The number of hydrogen-bond donors (Lipinski definition) is 1. The first-order valence-corrected chi connectivity index (χ1v) is 7.67. The van der Waals surface area contributed by atoms with Gasteiger partial charge in [0.2, 0.25) is 0 Å². The molecule has 1 fully saturated rings. The standard InChI is InChI=1S/C15H22IN/c1-10-4-5-11(2)15(8-10)17-14-7-6-13(16)9-12(14)3/h6-7,9-11,15,17H,4-5,8H2,1-3H3. The van der Waals surface area contributed by atoms with E-state index in [0.29, 0.717) is 6.04 Å². The lowest BCUT2D eigenvalue weighted by Crippen LogP contribution is -2.33. The molecule has 3 atom stereocenters. The summed E-state index contributed by atoms with van der Waals surface area (Å²) in [6.45, 7) is 6.95. The van der Waals surface area contributed by atoms with Gasteiger partial charge in [-0.25, -0.2) is 0 Å². The van der Waals surface area contributed by atoms with E-state index < -0.39 is 0 Å². The number of aryl methyl sites for hydroxylation is 1. The number of hydrogen-bond acceptors (Lipinski definition) is 1. The van der Waals surface area contributed by atoms with Crippen molar-refractivity contribution in [3.05, 3.63) is 27.3 Å². The van der Waals surface area contributed by atoms with Crippen molar-refractivity contribution in [3.8, 4) is 0 Å². The van der Waals surface area contributed by atoms with E-state index in [-0.39, 0.29) is 0 Å². The maximum atomic E-state index is 3.75. The minimum absolute atomic E-state index is 0.650. The molecule has 1 aromatic rings. The molecule has 2 rings (SSSR count). The zero-order valence-electron chi connectivity index (χ0n) is 11.0. The van der Waals surface area contributed by atoms with Crippen molar-refractivity contribution in [2.75, 3.05) is 5.32 Å². The Morgan fingerprint density at radius 1 is 1.24 bits per heavy atom. The number of nitrogens with one attached hydrogen (secondary N) is 1. The number of halogens is 1. The summed E-state index contributed by atoms with van der Waals surface area (Å²) in [5.41, 5.74) is 2.68. The molecule has 0 aliphatic heterocycles. The number of benzene rings is 1. The van der Waals surface area contributed by atoms with Crippen LogP contribution in [0.2, 0.25) is 0 Å². The maximum absolute atomic E-state index is 3.75. The second kappa shape index (κ2) is 5.59. The van der Waals surface area contributed by atoms with Crippen LogP contribution in [0.1, 0.15) is 38.7 Å². The average Bonchev–Trinajstić information content (AvgIpc) is 2.27. The van der Waals surface area contributed by atoms with Crippen molar-refractivity contribution in [2.45, 2.75) is 46.1 Å². The summed E-state index contributed by atoms with van der Waals surface area (Å²) in [6.07, 6.45) is 4.07. The van der Waals surface area contributed by atoms with Crippen molar-refractivity contribution in [1.29, 1.82) is 0 Å². The average molecular weight is 343 g/mol. The lowest BCUT2D eigenvalue weighted by atomic mass is 9.80. The van der Waals surface area contributed by atoms with Gasteiger partial charge in [-0.3, -0.25) is 0 Å². The number of anilines is 1. The SMILES string of the molecule is Cc1cc(I)ccc1NC1CC(C)CCC1C. The predicted molar refractivity (Wildman–Crippen MR) is 83.5 cm³/mol. The first kappa shape index (κ1) is 13.2. The summed E-state index contributed by atoms with van der Waals surface area (Å²) in [5, 5.41) is 3.75. The van der Waals surface area contributed by atoms with Crippen LogP contribution in [0.3, 0.4) is 0 Å². The van der Waals surface area contributed by atoms with E-state index in [2.05, 4.69) is 66.9 Å². The molecule has 1 aromatic carbocycles. The Morgan fingerprint density at radius 2 is 2.00 bits per heavy atom. The molecule has 17 heavy (non-hydrogen) atoms. The molecule has 1 saturated carbocycles. The van der Waals surface area contributed by atoms with E-state index in [1.807, 2.05) is 0 Å². The summed E-state index contributed by atoms with van der Waals surface area (Å²) in [5.74, 6) is 1.66. The monoisotopic (exact) mass is 343 g/mol. The molecule has 0 heterocycles. The Bertz CT molecular complexity index is 389. The maximum Gasteiger partial charge on any atom is 0.0372 e. The molecule has 1 aliphatic carbocycles. The van der Waals surface area contributed by atoms with Crippen LogP contribution in [-0.2, 0) is 0 Å². The van der Waals surface area contributed by atoms with Gasteiger partial charge in [-0.1, -0.05) is 20.3 Å². The molecule has 0 radical (unpaired) electrons. The molecule has 1 N–H and O–H groups in total. The van der Waals surface area contributed by atoms with Crippen LogP contribution in [-0.4, -0.2) is 6.04 Å². The smallest absolute Gasteiger partial charge is 0.0372 e. The Kier molecular flexibility index (Phi) is 4.34. The normalized spacial score (nSPS) is 29.1. The van der Waals surface area contributed by atoms with Crippen LogP contribution in [0.4, 0.5) is 5.69 Å². The molecule has 0 saturated heterocycles. The van der Waals surface area contributed by atoms with Gasteiger partial charge in [0, 0.05) is 15.3 Å².